The zero-order chi connectivity index (χ0) is 22.9. The lowest BCUT2D eigenvalue weighted by molar-refractivity contribution is -0.117. The van der Waals surface area contributed by atoms with E-state index in [1.54, 1.807) is 12.4 Å². The molecule has 1 amide bonds. The molecule has 0 unspecified atom stereocenters. The number of carbonyl (C=O) groups is 2. The van der Waals surface area contributed by atoms with Crippen LogP contribution in [0.25, 0.3) is 11.1 Å². The quantitative estimate of drug-likeness (QED) is 0.453. The van der Waals surface area contributed by atoms with Gasteiger partial charge in [-0.15, -0.1) is 11.3 Å². The van der Waals surface area contributed by atoms with Crippen LogP contribution in [-0.2, 0) is 16.6 Å². The molecule has 1 aliphatic carbocycles. The minimum atomic E-state index is -0.0385. The summed E-state index contributed by atoms with van der Waals surface area (Å²) in [7, 11) is 0. The molecule has 32 heavy (non-hydrogen) atoms. The number of Topliss-reactive ketones (excluding diaryl/α,β-unsaturated/α-hetero) is 1. The lowest BCUT2D eigenvalue weighted by Gasteiger charge is -2.13. The van der Waals surface area contributed by atoms with E-state index in [1.165, 1.54) is 16.9 Å². The average Bonchev–Trinajstić information content (AvgIpc) is 3.48. The van der Waals surface area contributed by atoms with Crippen LogP contribution in [0, 0.1) is 12.8 Å². The van der Waals surface area contributed by atoms with E-state index in [4.69, 9.17) is 0 Å². The molecule has 5 nitrogen and oxygen atoms in total. The number of pyridine rings is 1. The third kappa shape index (κ3) is 5.30. The van der Waals surface area contributed by atoms with Crippen molar-refractivity contribution in [1.29, 1.82) is 0 Å². The first-order valence-corrected chi connectivity index (χ1v) is 11.9. The van der Waals surface area contributed by atoms with Crippen LogP contribution < -0.4 is 5.32 Å². The number of hydrogen-bond donors (Lipinski definition) is 1. The minimum absolute atomic E-state index is 0.0385. The van der Waals surface area contributed by atoms with Crippen molar-refractivity contribution in [1.82, 2.24) is 9.97 Å². The molecule has 1 fully saturated rings. The fourth-order valence-corrected chi connectivity index (χ4v) is 4.47. The first kappa shape index (κ1) is 22.3. The van der Waals surface area contributed by atoms with E-state index in [0.29, 0.717) is 18.7 Å². The van der Waals surface area contributed by atoms with E-state index in [0.717, 1.165) is 39.4 Å². The van der Waals surface area contributed by atoms with Gasteiger partial charge in [0.05, 0.1) is 9.88 Å². The van der Waals surface area contributed by atoms with E-state index in [9.17, 15) is 9.59 Å². The number of nitrogens with one attached hydrogen (secondary N) is 1. The predicted octanol–water partition coefficient (Wildman–Crippen LogP) is 5.98. The maximum Gasteiger partial charge on any atom is 0.228 e. The second-order valence-electron chi connectivity index (χ2n) is 9.54. The largest absolute Gasteiger partial charge is 0.310 e. The molecule has 1 N–H and O–H groups in total. The SMILES string of the molecule is Cc1cc(-c2ccnc(NC(=O)C3CC3)c2)ccc1CCC(=O)c1cnc(C(C)(C)C)s1. The molecule has 0 aliphatic heterocycles. The Morgan fingerprint density at radius 2 is 1.84 bits per heavy atom. The summed E-state index contributed by atoms with van der Waals surface area (Å²) in [4.78, 5) is 34.1. The lowest BCUT2D eigenvalue weighted by Crippen LogP contribution is -2.14. The molecule has 3 aromatic rings. The van der Waals surface area contributed by atoms with Gasteiger partial charge in [0.2, 0.25) is 5.91 Å². The third-order valence-corrected chi connectivity index (χ3v) is 7.14. The number of amides is 1. The fraction of sp³-hybridized carbons (Fsp3) is 0.385. The predicted molar refractivity (Wildman–Crippen MR) is 129 cm³/mol. The standard InChI is InChI=1S/C26H29N3O2S/c1-16-13-19(20-11-12-27-23(14-20)29-24(31)18-6-7-18)8-5-17(16)9-10-21(30)22-15-28-25(32-22)26(2,3)4/h5,8,11-15,18H,6-7,9-10H2,1-4H3,(H,27,29,31). The molecule has 2 aromatic heterocycles. The van der Waals surface area contributed by atoms with Crippen LogP contribution >= 0.6 is 11.3 Å². The summed E-state index contributed by atoms with van der Waals surface area (Å²) in [5.41, 5.74) is 4.35. The molecule has 0 saturated heterocycles. The molecule has 2 heterocycles. The lowest BCUT2D eigenvalue weighted by atomic mass is 9.97. The highest BCUT2D eigenvalue weighted by molar-refractivity contribution is 7.13. The Morgan fingerprint density at radius 1 is 1.09 bits per heavy atom. The Balaban J connectivity index is 1.41. The Bertz CT molecular complexity index is 1160. The summed E-state index contributed by atoms with van der Waals surface area (Å²) in [6, 6.07) is 10.1. The number of hydrogen-bond acceptors (Lipinski definition) is 5. The molecule has 0 spiro atoms. The zero-order valence-corrected chi connectivity index (χ0v) is 19.9. The number of thiazole rings is 1. The molecule has 1 aliphatic rings. The Morgan fingerprint density at radius 3 is 2.50 bits per heavy atom. The maximum absolute atomic E-state index is 12.7. The Kier molecular flexibility index (Phi) is 6.24. The van der Waals surface area contributed by atoms with Gasteiger partial charge >= 0.3 is 0 Å². The summed E-state index contributed by atoms with van der Waals surface area (Å²) in [6.45, 7) is 8.40. The van der Waals surface area contributed by atoms with E-state index in [1.807, 2.05) is 12.1 Å². The van der Waals surface area contributed by atoms with Crippen LogP contribution in [0.3, 0.4) is 0 Å². The van der Waals surface area contributed by atoms with Crippen LogP contribution in [0.5, 0.6) is 0 Å². The Labute approximate surface area is 193 Å². The molecule has 1 saturated carbocycles. The van der Waals surface area contributed by atoms with Gasteiger partial charge in [0.25, 0.3) is 0 Å². The van der Waals surface area contributed by atoms with Gasteiger partial charge in [-0.1, -0.05) is 39.0 Å². The second-order valence-corrected chi connectivity index (χ2v) is 10.6. The van der Waals surface area contributed by atoms with Gasteiger partial charge in [-0.05, 0) is 60.6 Å². The van der Waals surface area contributed by atoms with Gasteiger partial charge in [-0.3, -0.25) is 9.59 Å². The van der Waals surface area contributed by atoms with Crippen LogP contribution in [-0.4, -0.2) is 21.7 Å². The first-order chi connectivity index (χ1) is 15.2. The van der Waals surface area contributed by atoms with Gasteiger partial charge in [0, 0.05) is 30.1 Å². The van der Waals surface area contributed by atoms with Crippen molar-refractivity contribution in [2.75, 3.05) is 5.32 Å². The number of rotatable bonds is 7. The van der Waals surface area contributed by atoms with Crippen LogP contribution in [0.15, 0.2) is 42.7 Å². The highest BCUT2D eigenvalue weighted by Gasteiger charge is 2.29. The second kappa shape index (κ2) is 8.94. The number of aryl methyl sites for hydroxylation is 2. The molecule has 0 radical (unpaired) electrons. The van der Waals surface area contributed by atoms with Gasteiger partial charge in [0.1, 0.15) is 5.82 Å². The highest BCUT2D eigenvalue weighted by atomic mass is 32.1. The molecular weight excluding hydrogens is 418 g/mol. The first-order valence-electron chi connectivity index (χ1n) is 11.1. The molecule has 6 heteroatoms. The molecule has 1 aromatic carbocycles. The van der Waals surface area contributed by atoms with E-state index in [-0.39, 0.29) is 23.0 Å². The van der Waals surface area contributed by atoms with E-state index in [2.05, 4.69) is 61.2 Å². The summed E-state index contributed by atoms with van der Waals surface area (Å²) < 4.78 is 0. The van der Waals surface area contributed by atoms with E-state index >= 15 is 0 Å². The zero-order valence-electron chi connectivity index (χ0n) is 19.1. The van der Waals surface area contributed by atoms with Crippen LogP contribution in [0.2, 0.25) is 0 Å². The number of aromatic nitrogens is 2. The maximum atomic E-state index is 12.7. The van der Waals surface area contributed by atoms with Crippen molar-refractivity contribution < 1.29 is 9.59 Å². The van der Waals surface area contributed by atoms with Crippen LogP contribution in [0.4, 0.5) is 5.82 Å². The van der Waals surface area contributed by atoms with Crippen molar-refractivity contribution in [3.63, 3.8) is 0 Å². The summed E-state index contributed by atoms with van der Waals surface area (Å²) in [5.74, 6) is 0.939. The van der Waals surface area contributed by atoms with Gasteiger partial charge in [-0.25, -0.2) is 9.97 Å². The van der Waals surface area contributed by atoms with Crippen molar-refractivity contribution in [3.05, 3.63) is 63.7 Å². The normalized spacial score (nSPS) is 13.8. The summed E-state index contributed by atoms with van der Waals surface area (Å²) >= 11 is 1.50. The summed E-state index contributed by atoms with van der Waals surface area (Å²) in [6.07, 6.45) is 6.55. The van der Waals surface area contributed by atoms with E-state index < -0.39 is 0 Å². The number of benzene rings is 1. The smallest absolute Gasteiger partial charge is 0.228 e. The third-order valence-electron chi connectivity index (χ3n) is 5.68. The number of carbonyl (C=O) groups excluding carboxylic acids is 2. The molecule has 0 bridgehead atoms. The van der Waals surface area contributed by atoms with Crippen LogP contribution in [0.1, 0.15) is 65.8 Å². The number of anilines is 1. The molecule has 0 atom stereocenters. The van der Waals surface area contributed by atoms with Crippen molar-refractivity contribution >= 4 is 28.8 Å². The van der Waals surface area contributed by atoms with Gasteiger partial charge < -0.3 is 5.32 Å². The average molecular weight is 448 g/mol. The molecule has 166 valence electrons. The monoisotopic (exact) mass is 447 g/mol. The summed E-state index contributed by atoms with van der Waals surface area (Å²) in [5, 5.41) is 3.90. The topological polar surface area (TPSA) is 72.0 Å². The number of ketones is 1. The van der Waals surface area contributed by atoms with Crippen molar-refractivity contribution in [2.24, 2.45) is 5.92 Å². The molecule has 4 rings (SSSR count). The fourth-order valence-electron chi connectivity index (χ4n) is 3.53. The van der Waals surface area contributed by atoms with Crippen molar-refractivity contribution in [3.8, 4) is 11.1 Å². The Hall–Kier alpha value is -2.86. The number of nitrogens with zero attached hydrogens (tertiary/aromatic N) is 2. The highest BCUT2D eigenvalue weighted by Crippen LogP contribution is 2.31. The molecular formula is C26H29N3O2S. The van der Waals surface area contributed by atoms with Crippen molar-refractivity contribution in [2.45, 2.75) is 58.8 Å². The minimum Gasteiger partial charge on any atom is -0.310 e. The van der Waals surface area contributed by atoms with Gasteiger partial charge in [-0.2, -0.15) is 0 Å². The van der Waals surface area contributed by atoms with Gasteiger partial charge in [0.15, 0.2) is 5.78 Å².